The second-order valence-corrected chi connectivity index (χ2v) is 8.76. The molecule has 4 nitrogen and oxygen atoms in total. The Hall–Kier alpha value is -3.11. The van der Waals surface area contributed by atoms with Crippen LogP contribution in [-0.4, -0.2) is 17.5 Å². The molecule has 1 fully saturated rings. The molecule has 1 aliphatic carbocycles. The predicted molar refractivity (Wildman–Crippen MR) is 129 cm³/mol. The Morgan fingerprint density at radius 3 is 2.18 bits per heavy atom. The highest BCUT2D eigenvalue weighted by molar-refractivity contribution is 5.80. The molecule has 33 heavy (non-hydrogen) atoms. The van der Waals surface area contributed by atoms with E-state index in [1.54, 1.807) is 0 Å². The minimum Gasteiger partial charge on any atom is -0.489 e. The normalized spacial score (nSPS) is 18.2. The number of ketones is 1. The van der Waals surface area contributed by atoms with Crippen molar-refractivity contribution in [2.45, 2.75) is 51.2 Å². The molecule has 1 saturated carbocycles. The summed E-state index contributed by atoms with van der Waals surface area (Å²) < 4.78 is 12.4. The third kappa shape index (κ3) is 6.45. The third-order valence-corrected chi connectivity index (χ3v) is 6.41. The first-order valence-corrected chi connectivity index (χ1v) is 11.8. The molecule has 4 heteroatoms. The zero-order valence-corrected chi connectivity index (χ0v) is 19.0. The smallest absolute Gasteiger partial charge is 0.133 e. The van der Waals surface area contributed by atoms with E-state index in [0.29, 0.717) is 37.8 Å². The number of Topliss-reactive ketones (excluding diaryl/α,β-unsaturated/α-hetero) is 1. The lowest BCUT2D eigenvalue weighted by molar-refractivity contribution is -0.121. The van der Waals surface area contributed by atoms with E-state index in [1.165, 1.54) is 0 Å². The van der Waals surface area contributed by atoms with Crippen LogP contribution in [0.15, 0.2) is 78.9 Å². The maximum absolute atomic E-state index is 12.4. The average Bonchev–Trinajstić information content (AvgIpc) is 2.87. The van der Waals surface area contributed by atoms with Crippen LogP contribution in [0.2, 0.25) is 0 Å². The summed E-state index contributed by atoms with van der Waals surface area (Å²) in [5.74, 6) is 2.30. The minimum absolute atomic E-state index is 0.103. The molecular weight excluding hydrogens is 412 g/mol. The van der Waals surface area contributed by atoms with Gasteiger partial charge in [-0.2, -0.15) is 0 Å². The van der Waals surface area contributed by atoms with E-state index in [2.05, 4.69) is 6.07 Å². The van der Waals surface area contributed by atoms with Gasteiger partial charge in [-0.05, 0) is 53.9 Å². The van der Waals surface area contributed by atoms with E-state index in [4.69, 9.17) is 9.47 Å². The molecule has 0 spiro atoms. The van der Waals surface area contributed by atoms with Crippen LogP contribution >= 0.6 is 0 Å². The standard InChI is InChI=1S/C29H32O4/c30-17-7-12-24-13-14-25(31)18-28(24)27-16-15-26(32-20-22-8-3-1-4-9-22)19-29(27)33-21-23-10-5-2-6-11-23/h1-6,8-11,15-16,19,24,28,30H,7,12-14,17-18,20-21H2/t24-,28-/m1/s1. The quantitative estimate of drug-likeness (QED) is 0.412. The molecule has 1 aliphatic rings. The van der Waals surface area contributed by atoms with Crippen molar-refractivity contribution >= 4 is 5.78 Å². The van der Waals surface area contributed by atoms with E-state index in [-0.39, 0.29) is 12.5 Å². The van der Waals surface area contributed by atoms with Gasteiger partial charge in [0.05, 0.1) is 0 Å². The van der Waals surface area contributed by atoms with Gasteiger partial charge in [0.2, 0.25) is 0 Å². The molecule has 0 amide bonds. The van der Waals surface area contributed by atoms with Gasteiger partial charge in [-0.25, -0.2) is 0 Å². The van der Waals surface area contributed by atoms with Gasteiger partial charge in [-0.1, -0.05) is 66.7 Å². The topological polar surface area (TPSA) is 55.8 Å². The first kappa shape index (κ1) is 23.1. The summed E-state index contributed by atoms with van der Waals surface area (Å²) in [6, 6.07) is 26.2. The molecule has 172 valence electrons. The van der Waals surface area contributed by atoms with Crippen LogP contribution in [-0.2, 0) is 18.0 Å². The van der Waals surface area contributed by atoms with Gasteiger partial charge in [0, 0.05) is 25.5 Å². The lowest BCUT2D eigenvalue weighted by Crippen LogP contribution is -2.24. The fourth-order valence-corrected chi connectivity index (χ4v) is 4.64. The molecule has 0 unspecified atom stereocenters. The number of benzene rings is 3. The number of hydrogen-bond acceptors (Lipinski definition) is 4. The monoisotopic (exact) mass is 444 g/mol. The van der Waals surface area contributed by atoms with Crippen LogP contribution < -0.4 is 9.47 Å². The van der Waals surface area contributed by atoms with Crippen LogP contribution in [0.3, 0.4) is 0 Å². The summed E-state index contributed by atoms with van der Waals surface area (Å²) in [4.78, 5) is 12.4. The average molecular weight is 445 g/mol. The Balaban J connectivity index is 1.58. The van der Waals surface area contributed by atoms with Crippen LogP contribution in [0.25, 0.3) is 0 Å². The predicted octanol–water partition coefficient (Wildman–Crippen LogP) is 6.07. The molecule has 3 aromatic rings. The highest BCUT2D eigenvalue weighted by atomic mass is 16.5. The zero-order valence-electron chi connectivity index (χ0n) is 19.0. The Labute approximate surface area is 196 Å². The summed E-state index contributed by atoms with van der Waals surface area (Å²) in [6.45, 7) is 1.12. The number of rotatable bonds is 10. The van der Waals surface area contributed by atoms with Gasteiger partial charge in [-0.15, -0.1) is 0 Å². The molecule has 0 aromatic heterocycles. The Bertz CT molecular complexity index is 1020. The maximum atomic E-state index is 12.4. The highest BCUT2D eigenvalue weighted by Gasteiger charge is 2.32. The lowest BCUT2D eigenvalue weighted by atomic mass is 9.73. The largest absolute Gasteiger partial charge is 0.489 e. The lowest BCUT2D eigenvalue weighted by Gasteiger charge is -2.32. The number of aliphatic hydroxyl groups excluding tert-OH is 1. The second-order valence-electron chi connectivity index (χ2n) is 8.76. The molecule has 4 rings (SSSR count). The fourth-order valence-electron chi connectivity index (χ4n) is 4.64. The van der Waals surface area contributed by atoms with Crippen molar-refractivity contribution in [3.05, 3.63) is 95.6 Å². The van der Waals surface area contributed by atoms with Gasteiger partial charge >= 0.3 is 0 Å². The van der Waals surface area contributed by atoms with Crippen LogP contribution in [0.5, 0.6) is 11.5 Å². The fraction of sp³-hybridized carbons (Fsp3) is 0.345. The van der Waals surface area contributed by atoms with Gasteiger partial charge < -0.3 is 14.6 Å². The van der Waals surface area contributed by atoms with Gasteiger partial charge in [0.1, 0.15) is 30.5 Å². The van der Waals surface area contributed by atoms with E-state index in [1.807, 2.05) is 72.8 Å². The third-order valence-electron chi connectivity index (χ3n) is 6.41. The number of hydrogen-bond donors (Lipinski definition) is 1. The minimum atomic E-state index is 0.103. The molecule has 2 atom stereocenters. The highest BCUT2D eigenvalue weighted by Crippen LogP contribution is 2.43. The van der Waals surface area contributed by atoms with Crippen molar-refractivity contribution < 1.29 is 19.4 Å². The van der Waals surface area contributed by atoms with E-state index in [0.717, 1.165) is 47.5 Å². The van der Waals surface area contributed by atoms with Crippen molar-refractivity contribution in [3.63, 3.8) is 0 Å². The summed E-state index contributed by atoms with van der Waals surface area (Å²) >= 11 is 0. The summed E-state index contributed by atoms with van der Waals surface area (Å²) in [7, 11) is 0. The Morgan fingerprint density at radius 1 is 0.848 bits per heavy atom. The van der Waals surface area contributed by atoms with Crippen molar-refractivity contribution in [3.8, 4) is 11.5 Å². The summed E-state index contributed by atoms with van der Waals surface area (Å²) in [5.41, 5.74) is 3.26. The van der Waals surface area contributed by atoms with Crippen molar-refractivity contribution in [1.82, 2.24) is 0 Å². The molecular formula is C29H32O4. The molecule has 0 heterocycles. The van der Waals surface area contributed by atoms with Gasteiger partial charge in [0.25, 0.3) is 0 Å². The Morgan fingerprint density at radius 2 is 1.52 bits per heavy atom. The number of carbonyl (C=O) groups excluding carboxylic acids is 1. The van der Waals surface area contributed by atoms with E-state index in [9.17, 15) is 9.90 Å². The molecule has 0 bridgehead atoms. The molecule has 0 saturated heterocycles. The molecule has 0 aliphatic heterocycles. The molecule has 3 aromatic carbocycles. The SMILES string of the molecule is O=C1CC[C@@H](CCCO)[C@H](c2ccc(OCc3ccccc3)cc2OCc2ccccc2)C1. The zero-order chi connectivity index (χ0) is 22.9. The maximum Gasteiger partial charge on any atom is 0.133 e. The van der Waals surface area contributed by atoms with Crippen LogP contribution in [0.1, 0.15) is 54.7 Å². The van der Waals surface area contributed by atoms with Crippen molar-refractivity contribution in [2.24, 2.45) is 5.92 Å². The first-order valence-electron chi connectivity index (χ1n) is 11.8. The first-order chi connectivity index (χ1) is 16.2. The van der Waals surface area contributed by atoms with Crippen LogP contribution in [0, 0.1) is 5.92 Å². The van der Waals surface area contributed by atoms with Gasteiger partial charge in [0.15, 0.2) is 0 Å². The summed E-state index contributed by atoms with van der Waals surface area (Å²) in [5, 5.41) is 9.35. The number of ether oxygens (including phenoxy) is 2. The Kier molecular flexibility index (Phi) is 8.15. The second kappa shape index (κ2) is 11.7. The molecule has 1 N–H and O–H groups in total. The molecule has 0 radical (unpaired) electrons. The van der Waals surface area contributed by atoms with E-state index < -0.39 is 0 Å². The van der Waals surface area contributed by atoms with Gasteiger partial charge in [-0.3, -0.25) is 4.79 Å². The van der Waals surface area contributed by atoms with Crippen molar-refractivity contribution in [2.75, 3.05) is 6.61 Å². The number of carbonyl (C=O) groups is 1. The van der Waals surface area contributed by atoms with Crippen LogP contribution in [0.4, 0.5) is 0 Å². The summed E-state index contributed by atoms with van der Waals surface area (Å²) in [6.07, 6.45) is 3.70. The number of aliphatic hydroxyl groups is 1. The van der Waals surface area contributed by atoms with Crippen molar-refractivity contribution in [1.29, 1.82) is 0 Å². The van der Waals surface area contributed by atoms with E-state index >= 15 is 0 Å².